The van der Waals surface area contributed by atoms with Crippen LogP contribution in [-0.2, 0) is 0 Å². The van der Waals surface area contributed by atoms with E-state index in [1.54, 1.807) is 0 Å². The second kappa shape index (κ2) is 4.81. The lowest BCUT2D eigenvalue weighted by molar-refractivity contribution is 0.0682. The minimum atomic E-state index is -0.455. The Morgan fingerprint density at radius 3 is 2.60 bits per heavy atom. The van der Waals surface area contributed by atoms with Crippen molar-refractivity contribution in [1.29, 1.82) is 0 Å². The Hall–Kier alpha value is -0.120. The maximum absolute atomic E-state index is 9.81. The van der Waals surface area contributed by atoms with Crippen molar-refractivity contribution in [3.05, 3.63) is 0 Å². The molecule has 0 aromatic carbocycles. The van der Waals surface area contributed by atoms with Gasteiger partial charge in [0.1, 0.15) is 0 Å². The molecule has 0 aliphatic carbocycles. The summed E-state index contributed by atoms with van der Waals surface area (Å²) in [6, 6.07) is 0. The van der Waals surface area contributed by atoms with E-state index in [0.717, 1.165) is 32.6 Å². The number of aliphatic hydroxyl groups is 1. The first-order valence-corrected chi connectivity index (χ1v) is 5.99. The Morgan fingerprint density at radius 2 is 2.13 bits per heavy atom. The molecule has 0 amide bonds. The average Bonchev–Trinajstić information content (AvgIpc) is 2.45. The Bertz CT molecular complexity index is 202. The first-order chi connectivity index (χ1) is 6.85. The van der Waals surface area contributed by atoms with E-state index in [1.807, 2.05) is 6.92 Å². The lowest BCUT2D eigenvalue weighted by atomic mass is 9.88. The summed E-state index contributed by atoms with van der Waals surface area (Å²) in [5, 5.41) is 9.81. The third kappa shape index (κ3) is 4.49. The first-order valence-electron chi connectivity index (χ1n) is 5.99. The maximum atomic E-state index is 9.81. The minimum absolute atomic E-state index is 0.266. The van der Waals surface area contributed by atoms with Gasteiger partial charge in [-0.05, 0) is 44.7 Å². The van der Waals surface area contributed by atoms with Crippen LogP contribution in [0.5, 0.6) is 0 Å². The van der Waals surface area contributed by atoms with Gasteiger partial charge in [-0.1, -0.05) is 13.8 Å². The molecule has 3 heteroatoms. The van der Waals surface area contributed by atoms with Crippen molar-refractivity contribution in [3.8, 4) is 0 Å². The number of likely N-dealkylation sites (tertiary alicyclic amines) is 1. The van der Waals surface area contributed by atoms with Crippen LogP contribution in [-0.4, -0.2) is 41.8 Å². The Kier molecular flexibility index (Phi) is 4.15. The minimum Gasteiger partial charge on any atom is -0.389 e. The molecule has 0 aromatic rings. The van der Waals surface area contributed by atoms with Gasteiger partial charge in [0.2, 0.25) is 0 Å². The van der Waals surface area contributed by atoms with E-state index in [1.165, 1.54) is 12.8 Å². The maximum Gasteiger partial charge on any atom is 0.0758 e. The molecule has 1 unspecified atom stereocenters. The lowest BCUT2D eigenvalue weighted by Gasteiger charge is -2.24. The molecule has 3 nitrogen and oxygen atoms in total. The van der Waals surface area contributed by atoms with Crippen LogP contribution in [0.1, 0.15) is 40.0 Å². The van der Waals surface area contributed by atoms with Gasteiger partial charge < -0.3 is 15.7 Å². The van der Waals surface area contributed by atoms with E-state index in [0.29, 0.717) is 0 Å². The smallest absolute Gasteiger partial charge is 0.0758 e. The summed E-state index contributed by atoms with van der Waals surface area (Å²) in [4.78, 5) is 2.35. The monoisotopic (exact) mass is 214 g/mol. The van der Waals surface area contributed by atoms with Gasteiger partial charge >= 0.3 is 0 Å². The van der Waals surface area contributed by atoms with Gasteiger partial charge in [-0.15, -0.1) is 0 Å². The van der Waals surface area contributed by atoms with E-state index in [-0.39, 0.29) is 5.41 Å². The standard InChI is InChI=1S/C12H26N2O/c1-11(2,9-13)5-4-7-14-8-6-12(3,15)10-14/h15H,4-10,13H2,1-3H3. The highest BCUT2D eigenvalue weighted by atomic mass is 16.3. The Labute approximate surface area is 93.6 Å². The van der Waals surface area contributed by atoms with E-state index >= 15 is 0 Å². The highest BCUT2D eigenvalue weighted by Gasteiger charge is 2.30. The zero-order valence-corrected chi connectivity index (χ0v) is 10.4. The second-order valence-electron chi connectivity index (χ2n) is 5.99. The van der Waals surface area contributed by atoms with Gasteiger partial charge in [0.25, 0.3) is 0 Å². The summed E-state index contributed by atoms with van der Waals surface area (Å²) < 4.78 is 0. The molecule has 1 heterocycles. The number of β-amino-alcohol motifs (C(OH)–C–C–N with tert-alkyl or cyclic N) is 1. The molecule has 1 rings (SSSR count). The van der Waals surface area contributed by atoms with E-state index < -0.39 is 5.60 Å². The van der Waals surface area contributed by atoms with Gasteiger partial charge in [0.05, 0.1) is 5.60 Å². The number of hydrogen-bond donors (Lipinski definition) is 2. The Morgan fingerprint density at radius 1 is 1.47 bits per heavy atom. The van der Waals surface area contributed by atoms with Crippen molar-refractivity contribution in [2.75, 3.05) is 26.2 Å². The summed E-state index contributed by atoms with van der Waals surface area (Å²) >= 11 is 0. The number of rotatable bonds is 5. The fourth-order valence-corrected chi connectivity index (χ4v) is 2.11. The van der Waals surface area contributed by atoms with Crippen molar-refractivity contribution >= 4 is 0 Å². The third-order valence-corrected chi connectivity index (χ3v) is 3.41. The van der Waals surface area contributed by atoms with E-state index in [9.17, 15) is 5.11 Å². The predicted molar refractivity (Wildman–Crippen MR) is 63.8 cm³/mol. The van der Waals surface area contributed by atoms with Crippen LogP contribution >= 0.6 is 0 Å². The molecule has 1 fully saturated rings. The normalized spacial score (nSPS) is 28.6. The molecule has 0 aromatic heterocycles. The lowest BCUT2D eigenvalue weighted by Crippen LogP contribution is -2.31. The number of nitrogens with two attached hydrogens (primary N) is 1. The molecular weight excluding hydrogens is 188 g/mol. The van der Waals surface area contributed by atoms with E-state index in [2.05, 4.69) is 18.7 Å². The van der Waals surface area contributed by atoms with E-state index in [4.69, 9.17) is 5.73 Å². The van der Waals surface area contributed by atoms with Crippen molar-refractivity contribution in [2.24, 2.45) is 11.1 Å². The largest absolute Gasteiger partial charge is 0.389 e. The van der Waals surface area contributed by atoms with Gasteiger partial charge in [0.15, 0.2) is 0 Å². The fourth-order valence-electron chi connectivity index (χ4n) is 2.11. The van der Waals surface area contributed by atoms with Crippen LogP contribution < -0.4 is 5.73 Å². The predicted octanol–water partition coefficient (Wildman–Crippen LogP) is 1.21. The van der Waals surface area contributed by atoms with Crippen LogP contribution in [0, 0.1) is 5.41 Å². The van der Waals surface area contributed by atoms with Crippen LogP contribution in [0.25, 0.3) is 0 Å². The molecule has 0 radical (unpaired) electrons. The SMILES string of the molecule is CC(C)(CN)CCCN1CCC(C)(O)C1. The molecule has 3 N–H and O–H groups in total. The quantitative estimate of drug-likeness (QED) is 0.723. The molecule has 0 bridgehead atoms. The highest BCUT2D eigenvalue weighted by molar-refractivity contribution is 4.85. The molecule has 90 valence electrons. The highest BCUT2D eigenvalue weighted by Crippen LogP contribution is 2.23. The molecule has 1 aliphatic rings. The van der Waals surface area contributed by atoms with Gasteiger partial charge in [-0.25, -0.2) is 0 Å². The Balaban J connectivity index is 2.17. The molecule has 0 spiro atoms. The molecular formula is C12H26N2O. The number of nitrogens with zero attached hydrogens (tertiary/aromatic N) is 1. The average molecular weight is 214 g/mol. The summed E-state index contributed by atoms with van der Waals surface area (Å²) in [5.41, 5.74) is 5.50. The van der Waals surface area contributed by atoms with Gasteiger partial charge in [0, 0.05) is 13.1 Å². The second-order valence-corrected chi connectivity index (χ2v) is 5.99. The molecule has 1 atom stereocenters. The summed E-state index contributed by atoms with van der Waals surface area (Å²) in [6.07, 6.45) is 3.26. The third-order valence-electron chi connectivity index (χ3n) is 3.41. The molecule has 0 saturated carbocycles. The topological polar surface area (TPSA) is 49.5 Å². The summed E-state index contributed by atoms with van der Waals surface area (Å²) in [6.45, 7) is 10.1. The number of hydrogen-bond acceptors (Lipinski definition) is 3. The van der Waals surface area contributed by atoms with Crippen molar-refractivity contribution < 1.29 is 5.11 Å². The molecule has 1 saturated heterocycles. The first kappa shape index (κ1) is 12.9. The zero-order valence-electron chi connectivity index (χ0n) is 10.4. The summed E-state index contributed by atoms with van der Waals surface area (Å²) in [7, 11) is 0. The molecule has 15 heavy (non-hydrogen) atoms. The van der Waals surface area contributed by atoms with Crippen molar-refractivity contribution in [2.45, 2.75) is 45.6 Å². The van der Waals surface area contributed by atoms with Gasteiger partial charge in [-0.2, -0.15) is 0 Å². The molecule has 1 aliphatic heterocycles. The van der Waals surface area contributed by atoms with Crippen molar-refractivity contribution in [1.82, 2.24) is 4.90 Å². The van der Waals surface area contributed by atoms with Crippen LogP contribution in [0.2, 0.25) is 0 Å². The van der Waals surface area contributed by atoms with Gasteiger partial charge in [-0.3, -0.25) is 0 Å². The fraction of sp³-hybridized carbons (Fsp3) is 1.00. The van der Waals surface area contributed by atoms with Crippen LogP contribution in [0.4, 0.5) is 0 Å². The van der Waals surface area contributed by atoms with Crippen LogP contribution in [0.15, 0.2) is 0 Å². The van der Waals surface area contributed by atoms with Crippen LogP contribution in [0.3, 0.4) is 0 Å². The van der Waals surface area contributed by atoms with Crippen molar-refractivity contribution in [3.63, 3.8) is 0 Å². The zero-order chi connectivity index (χ0) is 11.5. The summed E-state index contributed by atoms with van der Waals surface area (Å²) in [5.74, 6) is 0.